The van der Waals surface area contributed by atoms with E-state index in [0.717, 1.165) is 29.4 Å². The maximum atomic E-state index is 13.8. The van der Waals surface area contributed by atoms with Gasteiger partial charge in [0.1, 0.15) is 17.5 Å². The number of aryl methyl sites for hydroxylation is 1. The monoisotopic (exact) mass is 478 g/mol. The van der Waals surface area contributed by atoms with Crippen molar-refractivity contribution in [1.82, 2.24) is 9.97 Å². The van der Waals surface area contributed by atoms with Crippen LogP contribution in [0.1, 0.15) is 18.1 Å². The zero-order valence-corrected chi connectivity index (χ0v) is 18.8. The molecule has 4 rings (SSSR count). The average molecular weight is 479 g/mol. The van der Waals surface area contributed by atoms with Crippen molar-refractivity contribution in [2.24, 2.45) is 0 Å². The highest BCUT2D eigenvalue weighted by Crippen LogP contribution is 2.38. The van der Waals surface area contributed by atoms with E-state index in [-0.39, 0.29) is 23.1 Å². The number of alkyl halides is 3. The Bertz CT molecular complexity index is 1140. The fraction of sp³-hybridized carbons (Fsp3) is 0.304. The van der Waals surface area contributed by atoms with Gasteiger partial charge in [-0.1, -0.05) is 6.07 Å². The van der Waals surface area contributed by atoms with Crippen LogP contribution in [0.4, 0.5) is 29.2 Å². The molecule has 3 aromatic rings. The zero-order chi connectivity index (χ0) is 23.6. The van der Waals surface area contributed by atoms with Gasteiger partial charge in [0.15, 0.2) is 0 Å². The molecular weight excluding hydrogens is 456 g/mol. The Morgan fingerprint density at radius 2 is 1.97 bits per heavy atom. The summed E-state index contributed by atoms with van der Waals surface area (Å²) in [6.07, 6.45) is -2.94. The molecule has 0 bridgehead atoms. The number of anilines is 2. The number of ether oxygens (including phenoxy) is 1. The summed E-state index contributed by atoms with van der Waals surface area (Å²) in [5.74, 6) is 0.402. The first-order valence-corrected chi connectivity index (χ1v) is 11.1. The van der Waals surface area contributed by atoms with Crippen molar-refractivity contribution in [2.45, 2.75) is 31.0 Å². The Labute approximate surface area is 193 Å². The number of halogens is 4. The molecule has 1 aliphatic heterocycles. The number of nitrogens with zero attached hydrogens (tertiary/aromatic N) is 3. The summed E-state index contributed by atoms with van der Waals surface area (Å²) in [4.78, 5) is 11.6. The number of aromatic nitrogens is 2. The van der Waals surface area contributed by atoms with Crippen LogP contribution in [0, 0.1) is 12.7 Å². The van der Waals surface area contributed by atoms with Crippen LogP contribution in [-0.4, -0.2) is 35.8 Å². The largest absolute Gasteiger partial charge is 0.418 e. The van der Waals surface area contributed by atoms with Crippen molar-refractivity contribution >= 4 is 23.6 Å². The topological polar surface area (TPSA) is 50.3 Å². The van der Waals surface area contributed by atoms with Crippen molar-refractivity contribution in [2.75, 3.05) is 29.4 Å². The lowest BCUT2D eigenvalue weighted by molar-refractivity contribution is -0.137. The van der Waals surface area contributed by atoms with Gasteiger partial charge in [-0.25, -0.2) is 14.4 Å². The van der Waals surface area contributed by atoms with Crippen molar-refractivity contribution < 1.29 is 22.3 Å². The Morgan fingerprint density at radius 3 is 2.73 bits per heavy atom. The molecule has 0 saturated carbocycles. The molecule has 1 aromatic carbocycles. The first kappa shape index (κ1) is 23.3. The Morgan fingerprint density at radius 1 is 1.15 bits per heavy atom. The molecule has 0 radical (unpaired) electrons. The first-order chi connectivity index (χ1) is 15.7. The Kier molecular flexibility index (Phi) is 6.76. The normalized spacial score (nSPS) is 16.7. The van der Waals surface area contributed by atoms with Crippen LogP contribution >= 0.6 is 11.9 Å². The predicted octanol–water partition coefficient (Wildman–Crippen LogP) is 5.95. The van der Waals surface area contributed by atoms with E-state index in [1.807, 2.05) is 6.07 Å². The molecule has 5 nitrogen and oxygen atoms in total. The summed E-state index contributed by atoms with van der Waals surface area (Å²) in [7, 11) is 0. The second-order valence-electron chi connectivity index (χ2n) is 7.72. The number of pyridine rings is 2. The molecule has 1 atom stereocenters. The lowest BCUT2D eigenvalue weighted by atomic mass is 10.0. The Hall–Kier alpha value is -2.85. The molecule has 3 heterocycles. The molecule has 10 heteroatoms. The van der Waals surface area contributed by atoms with E-state index in [2.05, 4.69) is 26.5 Å². The van der Waals surface area contributed by atoms with E-state index in [4.69, 9.17) is 4.74 Å². The average Bonchev–Trinajstić information content (AvgIpc) is 2.79. The minimum atomic E-state index is -4.62. The maximum absolute atomic E-state index is 13.8. The first-order valence-electron chi connectivity index (χ1n) is 10.3. The van der Waals surface area contributed by atoms with E-state index in [9.17, 15) is 17.6 Å². The molecule has 1 fully saturated rings. The van der Waals surface area contributed by atoms with E-state index in [1.54, 1.807) is 19.2 Å². The van der Waals surface area contributed by atoms with Crippen LogP contribution in [0.25, 0.3) is 11.3 Å². The maximum Gasteiger partial charge on any atom is 0.418 e. The van der Waals surface area contributed by atoms with Crippen LogP contribution < -0.4 is 9.62 Å². The minimum Gasteiger partial charge on any atom is -0.377 e. The van der Waals surface area contributed by atoms with Gasteiger partial charge in [0.05, 0.1) is 30.5 Å². The molecule has 174 valence electrons. The van der Waals surface area contributed by atoms with Crippen LogP contribution in [0.3, 0.4) is 0 Å². The predicted molar refractivity (Wildman–Crippen MR) is 121 cm³/mol. The van der Waals surface area contributed by atoms with Crippen LogP contribution in [0.5, 0.6) is 0 Å². The number of morpholine rings is 1. The summed E-state index contributed by atoms with van der Waals surface area (Å²) in [5, 5.41) is 0. The highest BCUT2D eigenvalue weighted by Gasteiger charge is 2.35. The SMILES string of the molecule is Cc1ccc(F)cc1-c1nc(NSc2ccnc(N3CCOCC3C)c2)ccc1C(F)(F)F. The molecule has 1 N–H and O–H groups in total. The van der Waals surface area contributed by atoms with E-state index in [1.165, 1.54) is 30.1 Å². The quantitative estimate of drug-likeness (QED) is 0.361. The molecular formula is C23H22F4N4OS. The van der Waals surface area contributed by atoms with Gasteiger partial charge in [-0.05, 0) is 67.8 Å². The standard InChI is InChI=1S/C23H22F4N4OS/c1-14-3-4-16(24)11-18(14)22-19(23(25,26)27)5-6-20(29-22)30-33-17-7-8-28-21(12-17)31-9-10-32-13-15(31)2/h3-8,11-12,15H,9-10,13H2,1-2H3,(H,29,30). The summed E-state index contributed by atoms with van der Waals surface area (Å²) in [6, 6.07) is 9.83. The van der Waals surface area contributed by atoms with Gasteiger partial charge < -0.3 is 14.4 Å². The number of hydrogen-bond donors (Lipinski definition) is 1. The fourth-order valence-corrected chi connectivity index (χ4v) is 4.23. The third-order valence-corrected chi connectivity index (χ3v) is 6.11. The fourth-order valence-electron chi connectivity index (χ4n) is 3.60. The van der Waals surface area contributed by atoms with E-state index >= 15 is 0 Å². The summed E-state index contributed by atoms with van der Waals surface area (Å²) >= 11 is 1.21. The molecule has 1 unspecified atom stereocenters. The van der Waals surface area contributed by atoms with Gasteiger partial charge in [0.25, 0.3) is 0 Å². The van der Waals surface area contributed by atoms with Crippen molar-refractivity contribution in [3.05, 3.63) is 65.6 Å². The van der Waals surface area contributed by atoms with Crippen LogP contribution in [-0.2, 0) is 10.9 Å². The number of hydrogen-bond acceptors (Lipinski definition) is 6. The zero-order valence-electron chi connectivity index (χ0n) is 18.0. The van der Waals surface area contributed by atoms with Crippen LogP contribution in [0.15, 0.2) is 53.6 Å². The number of nitrogens with one attached hydrogen (secondary N) is 1. The van der Waals surface area contributed by atoms with Crippen molar-refractivity contribution in [1.29, 1.82) is 0 Å². The molecule has 0 spiro atoms. The lowest BCUT2D eigenvalue weighted by Crippen LogP contribution is -2.44. The highest BCUT2D eigenvalue weighted by atomic mass is 32.2. The smallest absolute Gasteiger partial charge is 0.377 e. The van der Waals surface area contributed by atoms with E-state index in [0.29, 0.717) is 18.8 Å². The van der Waals surface area contributed by atoms with E-state index < -0.39 is 17.6 Å². The van der Waals surface area contributed by atoms with Gasteiger partial charge in [0, 0.05) is 23.2 Å². The second-order valence-corrected chi connectivity index (χ2v) is 8.60. The second kappa shape index (κ2) is 9.56. The molecule has 2 aromatic heterocycles. The summed E-state index contributed by atoms with van der Waals surface area (Å²) < 4.78 is 63.1. The summed E-state index contributed by atoms with van der Waals surface area (Å²) in [5.41, 5.74) is -0.636. The lowest BCUT2D eigenvalue weighted by Gasteiger charge is -2.34. The van der Waals surface area contributed by atoms with Gasteiger partial charge in [-0.2, -0.15) is 13.2 Å². The third-order valence-electron chi connectivity index (χ3n) is 5.31. The molecule has 1 saturated heterocycles. The number of benzene rings is 1. The summed E-state index contributed by atoms with van der Waals surface area (Å²) in [6.45, 7) is 5.65. The Balaban J connectivity index is 1.59. The van der Waals surface area contributed by atoms with Gasteiger partial charge in [-0.15, -0.1) is 0 Å². The van der Waals surface area contributed by atoms with Crippen LogP contribution in [0.2, 0.25) is 0 Å². The van der Waals surface area contributed by atoms with Gasteiger partial charge >= 0.3 is 6.18 Å². The van der Waals surface area contributed by atoms with Crippen molar-refractivity contribution in [3.8, 4) is 11.3 Å². The number of rotatable bonds is 5. The molecule has 0 aliphatic carbocycles. The minimum absolute atomic E-state index is 0.100. The van der Waals surface area contributed by atoms with Gasteiger partial charge in [-0.3, -0.25) is 0 Å². The molecule has 1 aliphatic rings. The highest BCUT2D eigenvalue weighted by molar-refractivity contribution is 8.00. The molecule has 33 heavy (non-hydrogen) atoms. The van der Waals surface area contributed by atoms with Gasteiger partial charge in [0.2, 0.25) is 0 Å². The third kappa shape index (κ3) is 5.39. The van der Waals surface area contributed by atoms with Crippen molar-refractivity contribution in [3.63, 3.8) is 0 Å². The molecule has 0 amide bonds.